The monoisotopic (exact) mass is 405 g/mol. The number of Topliss-reactive ketones (excluding diaryl/α,β-unsaturated/α-hetero) is 1. The van der Waals surface area contributed by atoms with E-state index in [2.05, 4.69) is 20.8 Å². The second-order valence-electron chi connectivity index (χ2n) is 10.3. The SMILES string of the molecule is CC1CC1c1ccc(CN(C2CC2)S(=O)(=O)CC23CCC(CC2=O)C3(C)C)o1. The lowest BCUT2D eigenvalue weighted by Crippen LogP contribution is -2.47. The van der Waals surface area contributed by atoms with Crippen LogP contribution in [-0.4, -0.2) is 30.3 Å². The Morgan fingerprint density at radius 1 is 1.21 bits per heavy atom. The molecule has 4 aliphatic rings. The molecule has 1 aromatic heterocycles. The molecule has 0 amide bonds. The van der Waals surface area contributed by atoms with Crippen LogP contribution in [0, 0.1) is 22.7 Å². The number of carbonyl (C=O) groups is 1. The Hall–Kier alpha value is -1.14. The number of sulfonamides is 1. The van der Waals surface area contributed by atoms with Gasteiger partial charge in [-0.2, -0.15) is 4.31 Å². The van der Waals surface area contributed by atoms with E-state index in [1.807, 2.05) is 12.1 Å². The molecule has 0 spiro atoms. The lowest BCUT2D eigenvalue weighted by atomic mass is 9.70. The topological polar surface area (TPSA) is 67.6 Å². The minimum Gasteiger partial charge on any atom is -0.464 e. The first kappa shape index (κ1) is 18.9. The molecule has 28 heavy (non-hydrogen) atoms. The third kappa shape index (κ3) is 2.74. The summed E-state index contributed by atoms with van der Waals surface area (Å²) < 4.78 is 34.7. The third-order valence-electron chi connectivity index (χ3n) is 8.35. The van der Waals surface area contributed by atoms with Crippen LogP contribution in [0.3, 0.4) is 0 Å². The third-order valence-corrected chi connectivity index (χ3v) is 10.3. The van der Waals surface area contributed by atoms with E-state index in [0.29, 0.717) is 37.1 Å². The lowest BCUT2D eigenvalue weighted by Gasteiger charge is -2.37. The van der Waals surface area contributed by atoms with Crippen LogP contribution in [0.1, 0.15) is 76.7 Å². The largest absolute Gasteiger partial charge is 0.464 e. The van der Waals surface area contributed by atoms with Gasteiger partial charge in [-0.1, -0.05) is 20.8 Å². The Morgan fingerprint density at radius 2 is 1.93 bits per heavy atom. The Kier molecular flexibility index (Phi) is 4.00. The predicted molar refractivity (Wildman–Crippen MR) is 106 cm³/mol. The fraction of sp³-hybridized carbons (Fsp3) is 0.773. The molecular weight excluding hydrogens is 374 g/mol. The average molecular weight is 406 g/mol. The number of fused-ring (bicyclic) bond motifs is 2. The fourth-order valence-electron chi connectivity index (χ4n) is 5.87. The lowest BCUT2D eigenvalue weighted by molar-refractivity contribution is -0.128. The summed E-state index contributed by atoms with van der Waals surface area (Å²) in [6.07, 6.45) is 5.19. The molecule has 0 radical (unpaired) electrons. The zero-order valence-electron chi connectivity index (χ0n) is 17.1. The van der Waals surface area contributed by atoms with Crippen molar-refractivity contribution in [3.63, 3.8) is 0 Å². The van der Waals surface area contributed by atoms with E-state index in [0.717, 1.165) is 37.2 Å². The van der Waals surface area contributed by atoms with Gasteiger partial charge in [0.05, 0.1) is 12.3 Å². The van der Waals surface area contributed by atoms with E-state index in [4.69, 9.17) is 4.42 Å². The van der Waals surface area contributed by atoms with Gasteiger partial charge in [0.1, 0.15) is 17.3 Å². The molecule has 1 aromatic rings. The number of nitrogens with zero attached hydrogens (tertiary/aromatic N) is 1. The highest BCUT2D eigenvalue weighted by Crippen LogP contribution is 2.64. The highest BCUT2D eigenvalue weighted by atomic mass is 32.2. The average Bonchev–Trinajstić information content (AvgIpc) is 3.51. The van der Waals surface area contributed by atoms with Crippen molar-refractivity contribution in [2.45, 2.75) is 77.8 Å². The molecule has 5 rings (SSSR count). The minimum absolute atomic E-state index is 0.0357. The summed E-state index contributed by atoms with van der Waals surface area (Å²) >= 11 is 0. The normalized spacial score (nSPS) is 36.4. The maximum Gasteiger partial charge on any atom is 0.215 e. The van der Waals surface area contributed by atoms with Crippen molar-refractivity contribution < 1.29 is 17.6 Å². The molecule has 4 atom stereocenters. The van der Waals surface area contributed by atoms with Gasteiger partial charge in [-0.25, -0.2) is 8.42 Å². The summed E-state index contributed by atoms with van der Waals surface area (Å²) in [6.45, 7) is 6.70. The zero-order valence-corrected chi connectivity index (χ0v) is 17.9. The molecule has 0 saturated heterocycles. The molecule has 4 unspecified atom stereocenters. The predicted octanol–water partition coefficient (Wildman–Crippen LogP) is 4.09. The van der Waals surface area contributed by atoms with E-state index in [-0.39, 0.29) is 23.0 Å². The molecule has 0 aromatic carbocycles. The summed E-state index contributed by atoms with van der Waals surface area (Å²) in [5.74, 6) is 3.32. The second kappa shape index (κ2) is 5.94. The number of carbonyl (C=O) groups excluding carboxylic acids is 1. The van der Waals surface area contributed by atoms with Gasteiger partial charge in [0, 0.05) is 23.8 Å². The standard InChI is InChI=1S/C22H31NO4S/c1-14-10-18(14)19-7-6-17(27-19)12-23(16-4-5-16)28(25,26)13-22-9-8-15(11-20(22)24)21(22,2)3/h6-7,14-16,18H,4-5,8-13H2,1-3H3. The van der Waals surface area contributed by atoms with Gasteiger partial charge in [0.15, 0.2) is 0 Å². The van der Waals surface area contributed by atoms with Crippen LogP contribution in [0.25, 0.3) is 0 Å². The van der Waals surface area contributed by atoms with Crippen LogP contribution in [0.4, 0.5) is 0 Å². The molecule has 154 valence electrons. The number of hydrogen-bond donors (Lipinski definition) is 0. The van der Waals surface area contributed by atoms with Crippen molar-refractivity contribution in [2.75, 3.05) is 5.75 Å². The van der Waals surface area contributed by atoms with Crippen LogP contribution in [0.5, 0.6) is 0 Å². The molecule has 4 saturated carbocycles. The van der Waals surface area contributed by atoms with E-state index in [1.54, 1.807) is 4.31 Å². The Balaban J connectivity index is 1.39. The molecule has 0 N–H and O–H groups in total. The van der Waals surface area contributed by atoms with Crippen LogP contribution < -0.4 is 0 Å². The summed E-state index contributed by atoms with van der Waals surface area (Å²) in [7, 11) is -3.54. The fourth-order valence-corrected chi connectivity index (χ4v) is 8.33. The maximum atomic E-state index is 13.5. The van der Waals surface area contributed by atoms with Crippen molar-refractivity contribution in [3.8, 4) is 0 Å². The molecule has 2 bridgehead atoms. The minimum atomic E-state index is -3.54. The van der Waals surface area contributed by atoms with Crippen LogP contribution in [-0.2, 0) is 21.4 Å². The molecule has 0 aliphatic heterocycles. The Labute approximate surface area is 167 Å². The first-order chi connectivity index (χ1) is 13.1. The van der Waals surface area contributed by atoms with E-state index >= 15 is 0 Å². The summed E-state index contributed by atoms with van der Waals surface area (Å²) in [4.78, 5) is 12.8. The van der Waals surface area contributed by atoms with Crippen molar-refractivity contribution in [3.05, 3.63) is 23.7 Å². The van der Waals surface area contributed by atoms with E-state index in [9.17, 15) is 13.2 Å². The Morgan fingerprint density at radius 3 is 2.46 bits per heavy atom. The van der Waals surface area contributed by atoms with Crippen molar-refractivity contribution in [1.29, 1.82) is 0 Å². The summed E-state index contributed by atoms with van der Waals surface area (Å²) in [6, 6.07) is 4.00. The first-order valence-corrected chi connectivity index (χ1v) is 12.4. The molecular formula is C22H31NO4S. The molecule has 6 heteroatoms. The second-order valence-corrected chi connectivity index (χ2v) is 12.2. The van der Waals surface area contributed by atoms with Crippen molar-refractivity contribution in [1.82, 2.24) is 4.31 Å². The van der Waals surface area contributed by atoms with Gasteiger partial charge in [-0.15, -0.1) is 0 Å². The summed E-state index contributed by atoms with van der Waals surface area (Å²) in [5.41, 5.74) is -0.937. The van der Waals surface area contributed by atoms with Gasteiger partial charge in [0.2, 0.25) is 10.0 Å². The Bertz CT molecular complexity index is 913. The van der Waals surface area contributed by atoms with Crippen LogP contribution in [0.2, 0.25) is 0 Å². The maximum absolute atomic E-state index is 13.5. The number of rotatable bonds is 7. The zero-order chi connectivity index (χ0) is 19.9. The quantitative estimate of drug-likeness (QED) is 0.685. The highest BCUT2D eigenvalue weighted by Gasteiger charge is 2.65. The van der Waals surface area contributed by atoms with Crippen molar-refractivity contribution in [2.24, 2.45) is 22.7 Å². The van der Waals surface area contributed by atoms with Gasteiger partial charge >= 0.3 is 0 Å². The van der Waals surface area contributed by atoms with E-state index in [1.165, 1.54) is 0 Å². The van der Waals surface area contributed by atoms with Crippen molar-refractivity contribution >= 4 is 15.8 Å². The molecule has 1 heterocycles. The van der Waals surface area contributed by atoms with E-state index < -0.39 is 15.4 Å². The molecule has 4 aliphatic carbocycles. The van der Waals surface area contributed by atoms with Crippen LogP contribution in [0.15, 0.2) is 16.5 Å². The summed E-state index contributed by atoms with van der Waals surface area (Å²) in [5, 5.41) is 0. The smallest absolute Gasteiger partial charge is 0.215 e. The molecule has 5 nitrogen and oxygen atoms in total. The first-order valence-electron chi connectivity index (χ1n) is 10.8. The van der Waals surface area contributed by atoms with Crippen LogP contribution >= 0.6 is 0 Å². The van der Waals surface area contributed by atoms with Gasteiger partial charge in [0.25, 0.3) is 0 Å². The van der Waals surface area contributed by atoms with Gasteiger partial charge < -0.3 is 4.42 Å². The number of furan rings is 1. The number of ketones is 1. The van der Waals surface area contributed by atoms with Gasteiger partial charge in [-0.3, -0.25) is 4.79 Å². The number of hydrogen-bond acceptors (Lipinski definition) is 4. The molecule has 4 fully saturated rings. The highest BCUT2D eigenvalue weighted by molar-refractivity contribution is 7.89. The van der Waals surface area contributed by atoms with Gasteiger partial charge in [-0.05, 0) is 61.5 Å².